The molecule has 0 radical (unpaired) electrons. The van der Waals surface area contributed by atoms with Gasteiger partial charge < -0.3 is 0 Å². The largest absolute Gasteiger partial charge is 0.332 e. The fourth-order valence-corrected chi connectivity index (χ4v) is 3.63. The van der Waals surface area contributed by atoms with Gasteiger partial charge in [-0.1, -0.05) is 0 Å². The molecule has 0 saturated heterocycles. The molecule has 0 aliphatic carbocycles. The molecule has 0 atom stereocenters. The van der Waals surface area contributed by atoms with Gasteiger partial charge in [-0.05, 0) is 47.1 Å². The molecular weight excluding hydrogens is 260 g/mol. The number of thiophene rings is 1. The van der Waals surface area contributed by atoms with Crippen LogP contribution in [0.15, 0.2) is 9.59 Å². The van der Waals surface area contributed by atoms with E-state index in [0.717, 1.165) is 15.3 Å². The zero-order chi connectivity index (χ0) is 14.5. The lowest BCUT2D eigenvalue weighted by molar-refractivity contribution is 0.490. The lowest BCUT2D eigenvalue weighted by Gasteiger charge is -2.16. The Bertz CT molecular complexity index is 747. The number of fused-ring (bicyclic) bond motifs is 1. The molecule has 104 valence electrons. The van der Waals surface area contributed by atoms with E-state index in [9.17, 15) is 9.59 Å². The van der Waals surface area contributed by atoms with E-state index in [0.29, 0.717) is 5.39 Å². The van der Waals surface area contributed by atoms with E-state index in [4.69, 9.17) is 0 Å². The highest BCUT2D eigenvalue weighted by Gasteiger charge is 2.20. The topological polar surface area (TPSA) is 44.0 Å². The normalized spacial score (nSPS) is 12.0. The first-order valence-corrected chi connectivity index (χ1v) is 7.35. The van der Waals surface area contributed by atoms with Gasteiger partial charge in [0, 0.05) is 17.0 Å². The molecule has 0 aliphatic rings. The molecule has 0 amide bonds. The molecule has 4 nitrogen and oxygen atoms in total. The minimum atomic E-state index is -0.205. The van der Waals surface area contributed by atoms with Crippen LogP contribution in [0.3, 0.4) is 0 Å². The van der Waals surface area contributed by atoms with Gasteiger partial charge in [0.15, 0.2) is 0 Å². The van der Waals surface area contributed by atoms with Gasteiger partial charge in [-0.15, -0.1) is 11.3 Å². The lowest BCUT2D eigenvalue weighted by Crippen LogP contribution is -2.41. The third-order valence-corrected chi connectivity index (χ3v) is 4.67. The molecule has 0 saturated carbocycles. The summed E-state index contributed by atoms with van der Waals surface area (Å²) in [6, 6.07) is -0.0907. The lowest BCUT2D eigenvalue weighted by atomic mass is 10.2. The monoisotopic (exact) mass is 280 g/mol. The van der Waals surface area contributed by atoms with Crippen LogP contribution in [0.1, 0.15) is 50.2 Å². The second-order valence-electron chi connectivity index (χ2n) is 5.48. The fraction of sp³-hybridized carbons (Fsp3) is 0.571. The number of hydrogen-bond acceptors (Lipinski definition) is 3. The van der Waals surface area contributed by atoms with E-state index in [1.54, 1.807) is 4.57 Å². The van der Waals surface area contributed by atoms with Crippen LogP contribution in [-0.4, -0.2) is 9.13 Å². The smallest absolute Gasteiger partial charge is 0.282 e. The number of aromatic nitrogens is 2. The minimum absolute atomic E-state index is 0.0399. The maximum atomic E-state index is 12.6. The van der Waals surface area contributed by atoms with Crippen molar-refractivity contribution in [1.29, 1.82) is 0 Å². The summed E-state index contributed by atoms with van der Waals surface area (Å²) in [5.41, 5.74) is 0.631. The van der Waals surface area contributed by atoms with Crippen LogP contribution in [0, 0.1) is 13.8 Å². The van der Waals surface area contributed by atoms with Crippen LogP contribution in [-0.2, 0) is 0 Å². The number of rotatable bonds is 2. The van der Waals surface area contributed by atoms with Crippen LogP contribution in [0.4, 0.5) is 0 Å². The zero-order valence-electron chi connectivity index (χ0n) is 12.3. The first-order valence-electron chi connectivity index (χ1n) is 6.54. The average molecular weight is 280 g/mol. The Balaban J connectivity index is 3.14. The Hall–Kier alpha value is -1.36. The molecule has 0 spiro atoms. The van der Waals surface area contributed by atoms with E-state index in [2.05, 4.69) is 0 Å². The van der Waals surface area contributed by atoms with Crippen LogP contribution in [0.2, 0.25) is 0 Å². The van der Waals surface area contributed by atoms with Gasteiger partial charge >= 0.3 is 5.69 Å². The van der Waals surface area contributed by atoms with Gasteiger partial charge in [-0.2, -0.15) is 0 Å². The molecule has 0 aliphatic heterocycles. The molecule has 19 heavy (non-hydrogen) atoms. The third kappa shape index (κ3) is 1.96. The molecule has 2 aromatic heterocycles. The van der Waals surface area contributed by atoms with Crippen molar-refractivity contribution >= 4 is 21.6 Å². The summed E-state index contributed by atoms with van der Waals surface area (Å²) in [6.45, 7) is 11.6. The molecule has 5 heteroatoms. The van der Waals surface area contributed by atoms with Crippen LogP contribution >= 0.6 is 11.3 Å². The fourth-order valence-electron chi connectivity index (χ4n) is 2.35. The molecule has 0 N–H and O–H groups in total. The predicted molar refractivity (Wildman–Crippen MR) is 80.6 cm³/mol. The Morgan fingerprint density at radius 1 is 0.947 bits per heavy atom. The van der Waals surface area contributed by atoms with Gasteiger partial charge in [0.2, 0.25) is 0 Å². The molecule has 0 unspecified atom stereocenters. The molecule has 2 heterocycles. The van der Waals surface area contributed by atoms with E-state index < -0.39 is 0 Å². The van der Waals surface area contributed by atoms with Crippen LogP contribution in [0.25, 0.3) is 10.2 Å². The van der Waals surface area contributed by atoms with Gasteiger partial charge in [0.25, 0.3) is 5.56 Å². The maximum absolute atomic E-state index is 12.6. The second-order valence-corrected chi connectivity index (χ2v) is 6.68. The van der Waals surface area contributed by atoms with Crippen LogP contribution < -0.4 is 11.2 Å². The average Bonchev–Trinajstić information content (AvgIpc) is 2.54. The van der Waals surface area contributed by atoms with Crippen LogP contribution in [0.5, 0.6) is 0 Å². The van der Waals surface area contributed by atoms with Gasteiger partial charge in [-0.25, -0.2) is 4.79 Å². The summed E-state index contributed by atoms with van der Waals surface area (Å²) >= 11 is 1.53. The van der Waals surface area contributed by atoms with Crippen molar-refractivity contribution in [3.63, 3.8) is 0 Å². The summed E-state index contributed by atoms with van der Waals surface area (Å²) in [5.74, 6) is 0. The molecule has 0 bridgehead atoms. The Labute approximate surface area is 116 Å². The Morgan fingerprint density at radius 2 is 1.47 bits per heavy atom. The highest BCUT2D eigenvalue weighted by molar-refractivity contribution is 7.18. The van der Waals surface area contributed by atoms with Crippen molar-refractivity contribution in [2.24, 2.45) is 0 Å². The number of nitrogens with zero attached hydrogens (tertiary/aromatic N) is 2. The summed E-state index contributed by atoms with van der Waals surface area (Å²) in [5, 5.41) is 0.699. The quantitative estimate of drug-likeness (QED) is 0.848. The molecular formula is C14H20N2O2S. The summed E-state index contributed by atoms with van der Waals surface area (Å²) in [6.07, 6.45) is 0. The van der Waals surface area contributed by atoms with E-state index >= 15 is 0 Å². The Kier molecular flexibility index (Phi) is 3.43. The summed E-state index contributed by atoms with van der Waals surface area (Å²) < 4.78 is 3.10. The van der Waals surface area contributed by atoms with Crippen molar-refractivity contribution in [3.8, 4) is 0 Å². The summed E-state index contributed by atoms with van der Waals surface area (Å²) in [7, 11) is 0. The maximum Gasteiger partial charge on any atom is 0.332 e. The summed E-state index contributed by atoms with van der Waals surface area (Å²) in [4.78, 5) is 27.0. The number of hydrogen-bond donors (Lipinski definition) is 0. The van der Waals surface area contributed by atoms with Crippen molar-refractivity contribution in [2.75, 3.05) is 0 Å². The predicted octanol–water partition coefficient (Wildman–Crippen LogP) is 3.00. The van der Waals surface area contributed by atoms with Crippen molar-refractivity contribution in [3.05, 3.63) is 31.3 Å². The SMILES string of the molecule is Cc1sc2c(c1C)c(=O)n(C(C)C)c(=O)n2C(C)C. The minimum Gasteiger partial charge on any atom is -0.282 e. The van der Waals surface area contributed by atoms with E-state index in [-0.39, 0.29) is 23.3 Å². The van der Waals surface area contributed by atoms with Crippen molar-refractivity contribution in [2.45, 2.75) is 53.6 Å². The zero-order valence-corrected chi connectivity index (χ0v) is 13.1. The highest BCUT2D eigenvalue weighted by atomic mass is 32.1. The molecule has 0 fully saturated rings. The van der Waals surface area contributed by atoms with E-state index in [1.807, 2.05) is 41.5 Å². The molecule has 0 aromatic carbocycles. The van der Waals surface area contributed by atoms with Gasteiger partial charge in [0.1, 0.15) is 4.83 Å². The standard InChI is InChI=1S/C14H20N2O2S/c1-7(2)15-12(17)11-9(5)10(6)19-13(11)16(8(3)4)14(15)18/h7-8H,1-6H3. The third-order valence-electron chi connectivity index (χ3n) is 3.46. The van der Waals surface area contributed by atoms with Gasteiger partial charge in [0.05, 0.1) is 5.39 Å². The number of aryl methyl sites for hydroxylation is 2. The Morgan fingerprint density at radius 3 is 1.95 bits per heavy atom. The first-order chi connectivity index (χ1) is 8.77. The first kappa shape index (κ1) is 14.1. The molecule has 2 rings (SSSR count). The molecule has 2 aromatic rings. The van der Waals surface area contributed by atoms with E-state index in [1.165, 1.54) is 15.9 Å². The van der Waals surface area contributed by atoms with Gasteiger partial charge in [-0.3, -0.25) is 13.9 Å². The highest BCUT2D eigenvalue weighted by Crippen LogP contribution is 2.28. The van der Waals surface area contributed by atoms with Crippen molar-refractivity contribution < 1.29 is 0 Å². The second kappa shape index (κ2) is 4.63. The van der Waals surface area contributed by atoms with Crippen molar-refractivity contribution in [1.82, 2.24) is 9.13 Å².